The molecule has 0 unspecified atom stereocenters. The molecule has 1 aromatic heterocycles. The summed E-state index contributed by atoms with van der Waals surface area (Å²) in [6.45, 7) is 1.90. The van der Waals surface area contributed by atoms with Crippen LogP contribution in [0.25, 0.3) is 5.69 Å². The summed E-state index contributed by atoms with van der Waals surface area (Å²) in [6.07, 6.45) is 0. The van der Waals surface area contributed by atoms with Crippen LogP contribution >= 0.6 is 0 Å². The van der Waals surface area contributed by atoms with Crippen molar-refractivity contribution >= 4 is 17.4 Å². The Balaban J connectivity index is 2.15. The zero-order valence-corrected chi connectivity index (χ0v) is 13.7. The molecule has 2 aromatic carbocycles. The first-order valence-corrected chi connectivity index (χ1v) is 7.84. The number of hydrogen-bond acceptors (Lipinski definition) is 5. The summed E-state index contributed by atoms with van der Waals surface area (Å²) < 4.78 is 6.43. The minimum Gasteiger partial charge on any atom is -0.461 e. The van der Waals surface area contributed by atoms with Gasteiger partial charge in [0.15, 0.2) is 11.4 Å². The van der Waals surface area contributed by atoms with E-state index in [1.807, 2.05) is 12.1 Å². The van der Waals surface area contributed by atoms with Gasteiger partial charge in [-0.1, -0.05) is 48.5 Å². The van der Waals surface area contributed by atoms with Gasteiger partial charge < -0.3 is 10.5 Å². The molecule has 0 bridgehead atoms. The topological polar surface area (TPSA) is 87.2 Å². The first kappa shape index (κ1) is 16.4. The number of carbonyl (C=O) groups is 2. The average molecular weight is 335 g/mol. The summed E-state index contributed by atoms with van der Waals surface area (Å²) in [5, 5.41) is 4.30. The van der Waals surface area contributed by atoms with Gasteiger partial charge in [0.05, 0.1) is 18.0 Å². The van der Waals surface area contributed by atoms with Gasteiger partial charge in [-0.05, 0) is 19.1 Å². The Bertz CT molecular complexity index is 902. The van der Waals surface area contributed by atoms with E-state index in [0.717, 1.165) is 0 Å². The third kappa shape index (κ3) is 3.14. The molecule has 3 rings (SSSR count). The number of para-hydroxylation sites is 1. The third-order valence-electron chi connectivity index (χ3n) is 3.64. The number of aromatic nitrogens is 2. The molecule has 0 aliphatic rings. The van der Waals surface area contributed by atoms with Gasteiger partial charge >= 0.3 is 5.97 Å². The van der Waals surface area contributed by atoms with Crippen LogP contribution in [0.4, 0.5) is 5.69 Å². The van der Waals surface area contributed by atoms with Crippen LogP contribution in [0, 0.1) is 0 Å². The fourth-order valence-corrected chi connectivity index (χ4v) is 2.48. The molecule has 0 saturated carbocycles. The molecule has 0 aliphatic carbocycles. The molecule has 0 saturated heterocycles. The number of hydrogen-bond donors (Lipinski definition) is 1. The molecule has 25 heavy (non-hydrogen) atoms. The van der Waals surface area contributed by atoms with E-state index in [4.69, 9.17) is 10.5 Å². The highest BCUT2D eigenvalue weighted by Gasteiger charge is 2.27. The quantitative estimate of drug-likeness (QED) is 0.572. The number of rotatable bonds is 5. The molecule has 0 aliphatic heterocycles. The minimum absolute atomic E-state index is 0.0103. The third-order valence-corrected chi connectivity index (χ3v) is 3.64. The smallest absolute Gasteiger partial charge is 0.359 e. The van der Waals surface area contributed by atoms with Crippen molar-refractivity contribution in [2.75, 3.05) is 12.3 Å². The number of ether oxygens (including phenoxy) is 1. The molecular weight excluding hydrogens is 318 g/mol. The maximum Gasteiger partial charge on any atom is 0.359 e. The number of nitrogens with zero attached hydrogens (tertiary/aromatic N) is 2. The van der Waals surface area contributed by atoms with Crippen LogP contribution in [0.5, 0.6) is 0 Å². The van der Waals surface area contributed by atoms with Gasteiger partial charge in [-0.25, -0.2) is 9.48 Å². The van der Waals surface area contributed by atoms with Gasteiger partial charge in [-0.15, -0.1) is 0 Å². The molecular formula is C19H17N3O3. The SMILES string of the molecule is CCOC(=O)c1c(N)c(C(=O)c2ccccc2)nn1-c1ccccc1. The fraction of sp³-hybridized carbons (Fsp3) is 0.105. The number of nitrogens with two attached hydrogens (primary N) is 1. The Morgan fingerprint density at radius 2 is 1.64 bits per heavy atom. The van der Waals surface area contributed by atoms with Gasteiger partial charge in [-0.2, -0.15) is 5.10 Å². The van der Waals surface area contributed by atoms with Gasteiger partial charge in [0.1, 0.15) is 0 Å². The highest BCUT2D eigenvalue weighted by atomic mass is 16.5. The number of esters is 1. The highest BCUT2D eigenvalue weighted by molar-refractivity contribution is 6.13. The van der Waals surface area contributed by atoms with Crippen molar-refractivity contribution < 1.29 is 14.3 Å². The number of benzene rings is 2. The van der Waals surface area contributed by atoms with Crippen molar-refractivity contribution in [1.82, 2.24) is 9.78 Å². The molecule has 0 atom stereocenters. The van der Waals surface area contributed by atoms with E-state index in [-0.39, 0.29) is 29.5 Å². The van der Waals surface area contributed by atoms with E-state index in [9.17, 15) is 9.59 Å². The minimum atomic E-state index is -0.622. The molecule has 3 aromatic rings. The van der Waals surface area contributed by atoms with Crippen molar-refractivity contribution in [2.24, 2.45) is 0 Å². The number of anilines is 1. The van der Waals surface area contributed by atoms with Gasteiger partial charge in [-0.3, -0.25) is 4.79 Å². The lowest BCUT2D eigenvalue weighted by atomic mass is 10.1. The van der Waals surface area contributed by atoms with Crippen LogP contribution in [-0.2, 0) is 4.74 Å². The Labute approximate surface area is 144 Å². The predicted octanol–water partition coefficient (Wildman–Crippen LogP) is 2.86. The molecule has 0 spiro atoms. The fourth-order valence-electron chi connectivity index (χ4n) is 2.48. The average Bonchev–Trinajstić information content (AvgIpc) is 3.00. The molecule has 2 N–H and O–H groups in total. The second-order valence-corrected chi connectivity index (χ2v) is 5.27. The molecule has 126 valence electrons. The van der Waals surface area contributed by atoms with E-state index in [1.54, 1.807) is 55.5 Å². The van der Waals surface area contributed by atoms with E-state index < -0.39 is 5.97 Å². The molecule has 6 heteroatoms. The maximum absolute atomic E-state index is 12.7. The maximum atomic E-state index is 12.7. The summed E-state index contributed by atoms with van der Waals surface area (Å²) in [4.78, 5) is 25.1. The lowest BCUT2D eigenvalue weighted by Crippen LogP contribution is -2.13. The monoisotopic (exact) mass is 335 g/mol. The second kappa shape index (κ2) is 7.00. The largest absolute Gasteiger partial charge is 0.461 e. The van der Waals surface area contributed by atoms with Crippen LogP contribution < -0.4 is 5.73 Å². The summed E-state index contributed by atoms with van der Waals surface area (Å²) >= 11 is 0. The van der Waals surface area contributed by atoms with Crippen molar-refractivity contribution in [1.29, 1.82) is 0 Å². The van der Waals surface area contributed by atoms with Crippen molar-refractivity contribution in [3.05, 3.63) is 77.6 Å². The van der Waals surface area contributed by atoms with E-state index in [1.165, 1.54) is 4.68 Å². The Morgan fingerprint density at radius 3 is 2.24 bits per heavy atom. The summed E-state index contributed by atoms with van der Waals surface area (Å²) in [5.74, 6) is -0.971. The lowest BCUT2D eigenvalue weighted by Gasteiger charge is -2.07. The Morgan fingerprint density at radius 1 is 1.04 bits per heavy atom. The standard InChI is InChI=1S/C19H17N3O3/c1-2-25-19(24)17-15(20)16(18(23)13-9-5-3-6-10-13)21-22(17)14-11-7-4-8-12-14/h3-12H,2,20H2,1H3. The van der Waals surface area contributed by atoms with Crippen molar-refractivity contribution in [3.63, 3.8) is 0 Å². The van der Waals surface area contributed by atoms with E-state index in [2.05, 4.69) is 5.10 Å². The summed E-state index contributed by atoms with van der Waals surface area (Å²) in [7, 11) is 0. The van der Waals surface area contributed by atoms with Crippen LogP contribution in [0.1, 0.15) is 33.5 Å². The highest BCUT2D eigenvalue weighted by Crippen LogP contribution is 2.24. The second-order valence-electron chi connectivity index (χ2n) is 5.27. The zero-order valence-electron chi connectivity index (χ0n) is 13.7. The first-order chi connectivity index (χ1) is 12.1. The molecule has 0 radical (unpaired) electrons. The Hall–Kier alpha value is -3.41. The first-order valence-electron chi connectivity index (χ1n) is 7.84. The van der Waals surface area contributed by atoms with Crippen LogP contribution in [0.15, 0.2) is 60.7 Å². The summed E-state index contributed by atoms with van der Waals surface area (Å²) in [5.41, 5.74) is 7.25. The molecule has 0 amide bonds. The van der Waals surface area contributed by atoms with E-state index >= 15 is 0 Å². The number of carbonyl (C=O) groups excluding carboxylic acids is 2. The van der Waals surface area contributed by atoms with Crippen LogP contribution in [0.2, 0.25) is 0 Å². The molecule has 6 nitrogen and oxygen atoms in total. The van der Waals surface area contributed by atoms with Gasteiger partial charge in [0.25, 0.3) is 0 Å². The van der Waals surface area contributed by atoms with Gasteiger partial charge in [0.2, 0.25) is 5.78 Å². The molecule has 0 fully saturated rings. The van der Waals surface area contributed by atoms with Crippen molar-refractivity contribution in [3.8, 4) is 5.69 Å². The van der Waals surface area contributed by atoms with E-state index in [0.29, 0.717) is 11.3 Å². The van der Waals surface area contributed by atoms with Crippen molar-refractivity contribution in [2.45, 2.75) is 6.92 Å². The number of nitrogen functional groups attached to an aromatic ring is 1. The van der Waals surface area contributed by atoms with Crippen LogP contribution in [0.3, 0.4) is 0 Å². The zero-order chi connectivity index (χ0) is 17.8. The summed E-state index contributed by atoms with van der Waals surface area (Å²) in [6, 6.07) is 17.7. The normalized spacial score (nSPS) is 10.4. The molecule has 1 heterocycles. The number of ketones is 1. The predicted molar refractivity (Wildman–Crippen MR) is 93.8 cm³/mol. The van der Waals surface area contributed by atoms with Gasteiger partial charge in [0, 0.05) is 5.56 Å². The lowest BCUT2D eigenvalue weighted by molar-refractivity contribution is 0.0517. The van der Waals surface area contributed by atoms with Crippen LogP contribution in [-0.4, -0.2) is 28.1 Å². The Kier molecular flexibility index (Phi) is 4.61.